The van der Waals surface area contributed by atoms with Gasteiger partial charge in [0.25, 0.3) is 5.91 Å². The molecule has 11 heteroatoms. The molecule has 0 saturated carbocycles. The summed E-state index contributed by atoms with van der Waals surface area (Å²) in [7, 11) is -3.77. The molecule has 0 bridgehead atoms. The second kappa shape index (κ2) is 8.87. The molecule has 2 aromatic heterocycles. The number of benzene rings is 1. The summed E-state index contributed by atoms with van der Waals surface area (Å²) >= 11 is 3.04. The molecule has 1 aliphatic heterocycles. The van der Waals surface area contributed by atoms with Crippen molar-refractivity contribution in [3.05, 3.63) is 52.9 Å². The maximum absolute atomic E-state index is 12.8. The highest BCUT2D eigenvalue weighted by Crippen LogP contribution is 2.29. The maximum Gasteiger partial charge on any atom is 0.273 e. The fraction of sp³-hybridized carbons (Fsp3) is 0.250. The van der Waals surface area contributed by atoms with Crippen LogP contribution in [0.4, 0.5) is 5.69 Å². The molecule has 0 spiro atoms. The standard InChI is InChI=1S/C20H20N4O4S3/c21-31(27,28)15-5-3-14(4-6-15)22-18(25)13-7-9-24(10-8-13)20(26)16-12-30-19(23-16)17-2-1-11-29-17/h1-6,11-13H,7-10H2,(H,22,25)(H2,21,27,28). The van der Waals surface area contributed by atoms with E-state index in [1.807, 2.05) is 17.5 Å². The first-order chi connectivity index (χ1) is 14.8. The molecule has 1 saturated heterocycles. The first kappa shape index (κ1) is 21.6. The van der Waals surface area contributed by atoms with Crippen LogP contribution in [0.1, 0.15) is 23.3 Å². The number of hydrogen-bond donors (Lipinski definition) is 2. The lowest BCUT2D eigenvalue weighted by atomic mass is 9.95. The number of thiazole rings is 1. The van der Waals surface area contributed by atoms with E-state index in [0.717, 1.165) is 9.88 Å². The topological polar surface area (TPSA) is 122 Å². The molecule has 0 unspecified atom stereocenters. The quantitative estimate of drug-likeness (QED) is 0.586. The highest BCUT2D eigenvalue weighted by molar-refractivity contribution is 7.89. The van der Waals surface area contributed by atoms with Gasteiger partial charge < -0.3 is 10.2 Å². The molecule has 0 atom stereocenters. The number of amides is 2. The normalized spacial score (nSPS) is 15.1. The molecule has 3 N–H and O–H groups in total. The zero-order chi connectivity index (χ0) is 22.0. The number of primary sulfonamides is 1. The number of sulfonamides is 1. The first-order valence-electron chi connectivity index (χ1n) is 9.53. The third-order valence-electron chi connectivity index (χ3n) is 5.06. The Balaban J connectivity index is 1.32. The molecule has 2 amide bonds. The number of nitrogens with two attached hydrogens (primary N) is 1. The predicted molar refractivity (Wildman–Crippen MR) is 120 cm³/mol. The lowest BCUT2D eigenvalue weighted by molar-refractivity contribution is -0.121. The van der Waals surface area contributed by atoms with E-state index in [-0.39, 0.29) is 22.6 Å². The Labute approximate surface area is 187 Å². The van der Waals surface area contributed by atoms with Crippen LogP contribution in [0.25, 0.3) is 9.88 Å². The molecule has 1 fully saturated rings. The van der Waals surface area contributed by atoms with Crippen molar-refractivity contribution in [3.63, 3.8) is 0 Å². The third kappa shape index (κ3) is 5.01. The summed E-state index contributed by atoms with van der Waals surface area (Å²) in [5, 5.41) is 12.5. The van der Waals surface area contributed by atoms with E-state index in [1.54, 1.807) is 21.6 Å². The van der Waals surface area contributed by atoms with E-state index >= 15 is 0 Å². The lowest BCUT2D eigenvalue weighted by Crippen LogP contribution is -2.41. The zero-order valence-electron chi connectivity index (χ0n) is 16.4. The van der Waals surface area contributed by atoms with Crippen LogP contribution in [-0.4, -0.2) is 43.2 Å². The van der Waals surface area contributed by atoms with Crippen molar-refractivity contribution in [1.82, 2.24) is 9.88 Å². The number of carbonyl (C=O) groups excluding carboxylic acids is 2. The fourth-order valence-electron chi connectivity index (χ4n) is 3.36. The highest BCUT2D eigenvalue weighted by atomic mass is 32.2. The van der Waals surface area contributed by atoms with Crippen LogP contribution in [0.5, 0.6) is 0 Å². The number of thiophene rings is 1. The SMILES string of the molecule is NS(=O)(=O)c1ccc(NC(=O)C2CCN(C(=O)c3csc(-c4cccs4)n3)CC2)cc1. The second-order valence-corrected chi connectivity index (χ2v) is 10.5. The van der Waals surface area contributed by atoms with Gasteiger partial charge in [-0.2, -0.15) is 0 Å². The van der Waals surface area contributed by atoms with Gasteiger partial charge in [0.15, 0.2) is 0 Å². The molecular formula is C20H20N4O4S3. The summed E-state index contributed by atoms with van der Waals surface area (Å²) in [4.78, 5) is 32.6. The minimum absolute atomic E-state index is 0.0124. The number of rotatable bonds is 5. The van der Waals surface area contributed by atoms with Gasteiger partial charge in [-0.1, -0.05) is 6.07 Å². The van der Waals surface area contributed by atoms with Crippen molar-refractivity contribution in [2.24, 2.45) is 11.1 Å². The van der Waals surface area contributed by atoms with Crippen molar-refractivity contribution in [1.29, 1.82) is 0 Å². The van der Waals surface area contributed by atoms with E-state index in [1.165, 1.54) is 35.6 Å². The van der Waals surface area contributed by atoms with Crippen molar-refractivity contribution in [2.75, 3.05) is 18.4 Å². The van der Waals surface area contributed by atoms with E-state index < -0.39 is 10.0 Å². The molecule has 3 aromatic rings. The highest BCUT2D eigenvalue weighted by Gasteiger charge is 2.29. The Morgan fingerprint density at radius 1 is 1.10 bits per heavy atom. The van der Waals surface area contributed by atoms with Crippen LogP contribution in [0.15, 0.2) is 52.1 Å². The zero-order valence-corrected chi connectivity index (χ0v) is 18.8. The monoisotopic (exact) mass is 476 g/mol. The summed E-state index contributed by atoms with van der Waals surface area (Å²) < 4.78 is 22.6. The Bertz CT molecular complexity index is 1180. The first-order valence-corrected chi connectivity index (χ1v) is 12.8. The van der Waals surface area contributed by atoms with Crippen molar-refractivity contribution < 1.29 is 18.0 Å². The second-order valence-electron chi connectivity index (χ2n) is 7.14. The van der Waals surface area contributed by atoms with Crippen LogP contribution in [-0.2, 0) is 14.8 Å². The molecule has 8 nitrogen and oxygen atoms in total. The van der Waals surface area contributed by atoms with Gasteiger partial charge in [-0.05, 0) is 48.6 Å². The minimum atomic E-state index is -3.77. The minimum Gasteiger partial charge on any atom is -0.337 e. The van der Waals surface area contributed by atoms with Gasteiger partial charge in [0.1, 0.15) is 10.7 Å². The number of likely N-dealkylation sites (tertiary alicyclic amines) is 1. The molecule has 0 radical (unpaired) electrons. The molecule has 1 aliphatic rings. The number of hydrogen-bond acceptors (Lipinski definition) is 7. The summed E-state index contributed by atoms with van der Waals surface area (Å²) in [5.41, 5.74) is 0.936. The Hall–Kier alpha value is -2.60. The van der Waals surface area contributed by atoms with Gasteiger partial charge in [-0.3, -0.25) is 9.59 Å². The third-order valence-corrected chi connectivity index (χ3v) is 7.87. The fourth-order valence-corrected chi connectivity index (χ4v) is 5.49. The number of anilines is 1. The molecule has 31 heavy (non-hydrogen) atoms. The largest absolute Gasteiger partial charge is 0.337 e. The van der Waals surface area contributed by atoms with Gasteiger partial charge in [0.05, 0.1) is 9.77 Å². The molecule has 0 aliphatic carbocycles. The molecule has 1 aromatic carbocycles. The summed E-state index contributed by atoms with van der Waals surface area (Å²) in [6.07, 6.45) is 1.10. The van der Waals surface area contributed by atoms with Crippen LogP contribution in [0.3, 0.4) is 0 Å². The van der Waals surface area contributed by atoms with E-state index in [0.29, 0.717) is 37.3 Å². The van der Waals surface area contributed by atoms with Gasteiger partial charge in [0.2, 0.25) is 15.9 Å². The summed E-state index contributed by atoms with van der Waals surface area (Å²) in [6.45, 7) is 0.959. The molecule has 162 valence electrons. The number of aromatic nitrogens is 1. The predicted octanol–water partition coefficient (Wildman–Crippen LogP) is 3.01. The van der Waals surface area contributed by atoms with Gasteiger partial charge >= 0.3 is 0 Å². The van der Waals surface area contributed by atoms with Crippen LogP contribution in [0.2, 0.25) is 0 Å². The average molecular weight is 477 g/mol. The van der Waals surface area contributed by atoms with E-state index in [9.17, 15) is 18.0 Å². The van der Waals surface area contributed by atoms with E-state index in [4.69, 9.17) is 5.14 Å². The van der Waals surface area contributed by atoms with Crippen LogP contribution in [0, 0.1) is 5.92 Å². The Morgan fingerprint density at radius 3 is 2.42 bits per heavy atom. The van der Waals surface area contributed by atoms with Crippen molar-refractivity contribution in [3.8, 4) is 9.88 Å². The van der Waals surface area contributed by atoms with Crippen LogP contribution >= 0.6 is 22.7 Å². The van der Waals surface area contributed by atoms with E-state index in [2.05, 4.69) is 10.3 Å². The Morgan fingerprint density at radius 2 is 1.81 bits per heavy atom. The Kier molecular flexibility index (Phi) is 6.19. The number of carbonyl (C=O) groups is 2. The molecular weight excluding hydrogens is 456 g/mol. The van der Waals surface area contributed by atoms with Crippen molar-refractivity contribution >= 4 is 50.2 Å². The molecule has 3 heterocycles. The van der Waals surface area contributed by atoms with Crippen molar-refractivity contribution in [2.45, 2.75) is 17.7 Å². The maximum atomic E-state index is 12.8. The van der Waals surface area contributed by atoms with Crippen LogP contribution < -0.4 is 10.5 Å². The van der Waals surface area contributed by atoms with Gasteiger partial charge in [-0.15, -0.1) is 22.7 Å². The summed E-state index contributed by atoms with van der Waals surface area (Å²) in [5.74, 6) is -0.486. The lowest BCUT2D eigenvalue weighted by Gasteiger charge is -2.30. The number of piperidine rings is 1. The average Bonchev–Trinajstić information content (AvgIpc) is 3.45. The van der Waals surface area contributed by atoms with Gasteiger partial charge in [-0.25, -0.2) is 18.5 Å². The number of nitrogens with zero attached hydrogens (tertiary/aromatic N) is 2. The smallest absolute Gasteiger partial charge is 0.273 e. The van der Waals surface area contributed by atoms with Gasteiger partial charge in [0, 0.05) is 30.1 Å². The summed E-state index contributed by atoms with van der Waals surface area (Å²) in [6, 6.07) is 9.64. The number of nitrogens with one attached hydrogen (secondary N) is 1. The molecule has 4 rings (SSSR count).